The molecule has 0 aliphatic carbocycles. The third-order valence-corrected chi connectivity index (χ3v) is 1.76. The summed E-state index contributed by atoms with van der Waals surface area (Å²) in [5.74, 6) is 0. The molecule has 0 fully saturated rings. The lowest BCUT2D eigenvalue weighted by Gasteiger charge is -2.04. The monoisotopic (exact) mass is 183 g/mol. The molecular formula is C8H10ClN3. The highest BCUT2D eigenvalue weighted by Crippen LogP contribution is 2.01. The number of allylic oxidation sites excluding steroid dienone is 2. The van der Waals surface area contributed by atoms with Crippen LogP contribution in [0.4, 0.5) is 0 Å². The van der Waals surface area contributed by atoms with Crippen molar-refractivity contribution in [3.05, 3.63) is 28.8 Å². The van der Waals surface area contributed by atoms with Crippen LogP contribution in [0, 0.1) is 5.41 Å². The molecule has 1 aromatic heterocycles. The molecule has 0 aliphatic heterocycles. The predicted molar refractivity (Wildman–Crippen MR) is 48.7 cm³/mol. The van der Waals surface area contributed by atoms with Gasteiger partial charge in [0.2, 0.25) is 0 Å². The van der Waals surface area contributed by atoms with Crippen molar-refractivity contribution in [1.82, 2.24) is 9.78 Å². The van der Waals surface area contributed by atoms with E-state index in [2.05, 4.69) is 5.10 Å². The standard InChI is InChI=1S/C8H10ClN3/c1-3-6(2)12-8(10)5-4-7(9)11-12/h3-5,10H,1-2H3/b6-3+,10-8?. The number of rotatable bonds is 1. The van der Waals surface area contributed by atoms with Gasteiger partial charge in [0.15, 0.2) is 0 Å². The lowest BCUT2D eigenvalue weighted by Crippen LogP contribution is -2.19. The summed E-state index contributed by atoms with van der Waals surface area (Å²) in [6, 6.07) is 3.21. The highest BCUT2D eigenvalue weighted by Gasteiger charge is 1.95. The minimum Gasteiger partial charge on any atom is -0.283 e. The maximum absolute atomic E-state index is 7.50. The molecule has 0 spiro atoms. The van der Waals surface area contributed by atoms with E-state index in [1.165, 1.54) is 4.68 Å². The molecule has 0 aromatic carbocycles. The molecule has 0 unspecified atom stereocenters. The van der Waals surface area contributed by atoms with E-state index in [4.69, 9.17) is 17.0 Å². The van der Waals surface area contributed by atoms with Crippen LogP contribution in [0.25, 0.3) is 5.70 Å². The fraction of sp³-hybridized carbons (Fsp3) is 0.250. The lowest BCUT2D eigenvalue weighted by atomic mass is 10.4. The van der Waals surface area contributed by atoms with E-state index in [9.17, 15) is 0 Å². The number of halogens is 1. The van der Waals surface area contributed by atoms with Gasteiger partial charge in [-0.25, -0.2) is 4.68 Å². The van der Waals surface area contributed by atoms with E-state index in [-0.39, 0.29) is 0 Å². The van der Waals surface area contributed by atoms with Crippen molar-refractivity contribution < 1.29 is 0 Å². The first-order chi connectivity index (χ1) is 5.65. The Labute approximate surface area is 75.8 Å². The first-order valence-corrected chi connectivity index (χ1v) is 3.96. The SMILES string of the molecule is C/C=C(\C)n1nc(Cl)ccc1=N. The Morgan fingerprint density at radius 2 is 2.33 bits per heavy atom. The topological polar surface area (TPSA) is 41.7 Å². The van der Waals surface area contributed by atoms with Crippen molar-refractivity contribution >= 4 is 17.3 Å². The van der Waals surface area contributed by atoms with Gasteiger partial charge in [0.1, 0.15) is 10.6 Å². The third-order valence-electron chi connectivity index (χ3n) is 1.55. The number of aromatic nitrogens is 2. The van der Waals surface area contributed by atoms with Crippen molar-refractivity contribution in [2.45, 2.75) is 13.8 Å². The summed E-state index contributed by atoms with van der Waals surface area (Å²) in [6.45, 7) is 3.77. The largest absolute Gasteiger partial charge is 0.283 e. The zero-order valence-corrected chi connectivity index (χ0v) is 7.76. The molecule has 0 saturated heterocycles. The fourth-order valence-corrected chi connectivity index (χ4v) is 0.931. The van der Waals surface area contributed by atoms with Gasteiger partial charge in [0, 0.05) is 5.70 Å². The first-order valence-electron chi connectivity index (χ1n) is 3.59. The summed E-state index contributed by atoms with van der Waals surface area (Å²) in [5, 5.41) is 11.9. The van der Waals surface area contributed by atoms with E-state index in [1.807, 2.05) is 19.9 Å². The van der Waals surface area contributed by atoms with Crippen molar-refractivity contribution in [3.8, 4) is 0 Å². The Bertz CT molecular complexity index is 365. The lowest BCUT2D eigenvalue weighted by molar-refractivity contribution is 0.785. The molecule has 0 aliphatic rings. The molecule has 1 heterocycles. The van der Waals surface area contributed by atoms with Gasteiger partial charge in [-0.05, 0) is 26.0 Å². The zero-order valence-electron chi connectivity index (χ0n) is 7.00. The van der Waals surface area contributed by atoms with Crippen LogP contribution in [0.5, 0.6) is 0 Å². The van der Waals surface area contributed by atoms with Gasteiger partial charge in [0.05, 0.1) is 0 Å². The summed E-state index contributed by atoms with van der Waals surface area (Å²) in [6.07, 6.45) is 1.88. The fourth-order valence-electron chi connectivity index (χ4n) is 0.792. The van der Waals surface area contributed by atoms with Crippen LogP contribution in [-0.2, 0) is 0 Å². The van der Waals surface area contributed by atoms with Gasteiger partial charge in [-0.2, -0.15) is 5.10 Å². The van der Waals surface area contributed by atoms with Crippen LogP contribution in [0.2, 0.25) is 5.15 Å². The second-order valence-corrected chi connectivity index (χ2v) is 2.77. The Kier molecular flexibility index (Phi) is 2.65. The van der Waals surface area contributed by atoms with Gasteiger partial charge in [0.25, 0.3) is 0 Å². The highest BCUT2D eigenvalue weighted by molar-refractivity contribution is 6.29. The van der Waals surface area contributed by atoms with E-state index in [1.54, 1.807) is 12.1 Å². The average Bonchev–Trinajstić information content (AvgIpc) is 2.08. The summed E-state index contributed by atoms with van der Waals surface area (Å²) in [7, 11) is 0. The van der Waals surface area contributed by atoms with Crippen LogP contribution in [0.3, 0.4) is 0 Å². The molecule has 4 heteroatoms. The number of hydrogen-bond acceptors (Lipinski definition) is 2. The van der Waals surface area contributed by atoms with E-state index in [0.717, 1.165) is 5.70 Å². The van der Waals surface area contributed by atoms with Gasteiger partial charge in [-0.1, -0.05) is 17.7 Å². The maximum Gasteiger partial charge on any atom is 0.150 e. The molecule has 0 bridgehead atoms. The van der Waals surface area contributed by atoms with Crippen molar-refractivity contribution in [1.29, 1.82) is 5.41 Å². The molecule has 0 radical (unpaired) electrons. The number of nitrogens with one attached hydrogen (secondary N) is 1. The number of hydrogen-bond donors (Lipinski definition) is 1. The first kappa shape index (κ1) is 9.00. The smallest absolute Gasteiger partial charge is 0.150 e. The second kappa shape index (κ2) is 3.54. The molecule has 3 nitrogen and oxygen atoms in total. The minimum atomic E-state index is 0.329. The molecule has 1 rings (SSSR count). The van der Waals surface area contributed by atoms with Gasteiger partial charge in [-0.3, -0.25) is 5.41 Å². The molecule has 1 N–H and O–H groups in total. The summed E-state index contributed by atoms with van der Waals surface area (Å²) < 4.78 is 1.49. The molecule has 0 saturated carbocycles. The quantitative estimate of drug-likeness (QED) is 0.710. The summed E-state index contributed by atoms with van der Waals surface area (Å²) in [4.78, 5) is 0. The van der Waals surface area contributed by atoms with Crippen molar-refractivity contribution in [2.75, 3.05) is 0 Å². The van der Waals surface area contributed by atoms with E-state index >= 15 is 0 Å². The second-order valence-electron chi connectivity index (χ2n) is 2.38. The van der Waals surface area contributed by atoms with Crippen LogP contribution in [0.15, 0.2) is 18.2 Å². The van der Waals surface area contributed by atoms with Crippen LogP contribution < -0.4 is 5.49 Å². The molecule has 1 aromatic rings. The summed E-state index contributed by atoms with van der Waals surface area (Å²) >= 11 is 5.68. The van der Waals surface area contributed by atoms with E-state index in [0.29, 0.717) is 10.6 Å². The Balaban J connectivity index is 3.33. The van der Waals surface area contributed by atoms with Crippen LogP contribution in [-0.4, -0.2) is 9.78 Å². The minimum absolute atomic E-state index is 0.329. The Hall–Kier alpha value is -1.09. The molecule has 0 atom stereocenters. The Morgan fingerprint density at radius 3 is 2.92 bits per heavy atom. The zero-order chi connectivity index (χ0) is 9.14. The van der Waals surface area contributed by atoms with Crippen LogP contribution in [0.1, 0.15) is 13.8 Å². The van der Waals surface area contributed by atoms with E-state index < -0.39 is 0 Å². The van der Waals surface area contributed by atoms with Gasteiger partial charge >= 0.3 is 0 Å². The van der Waals surface area contributed by atoms with Gasteiger partial charge in [-0.15, -0.1) is 0 Å². The van der Waals surface area contributed by atoms with Crippen molar-refractivity contribution in [3.63, 3.8) is 0 Å². The average molecular weight is 184 g/mol. The molecular weight excluding hydrogens is 174 g/mol. The summed E-state index contributed by atoms with van der Waals surface area (Å²) in [5.41, 5.74) is 1.22. The maximum atomic E-state index is 7.50. The van der Waals surface area contributed by atoms with Crippen LogP contribution >= 0.6 is 11.6 Å². The Morgan fingerprint density at radius 1 is 1.67 bits per heavy atom. The molecule has 0 amide bonds. The molecule has 64 valence electrons. The highest BCUT2D eigenvalue weighted by atomic mass is 35.5. The van der Waals surface area contributed by atoms with Gasteiger partial charge < -0.3 is 0 Å². The third kappa shape index (κ3) is 1.74. The predicted octanol–water partition coefficient (Wildman–Crippen LogP) is 1.90. The normalized spacial score (nSPS) is 11.8. The number of nitrogens with zero attached hydrogens (tertiary/aromatic N) is 2. The van der Waals surface area contributed by atoms with Crippen molar-refractivity contribution in [2.24, 2.45) is 0 Å². The molecule has 12 heavy (non-hydrogen) atoms.